The summed E-state index contributed by atoms with van der Waals surface area (Å²) in [6, 6.07) is 11.3. The van der Waals surface area contributed by atoms with Crippen LogP contribution in [0.25, 0.3) is 11.1 Å². The Morgan fingerprint density at radius 2 is 1.02 bits per heavy atom. The van der Waals surface area contributed by atoms with Gasteiger partial charge < -0.3 is 45.3 Å². The monoisotopic (exact) mass is 811 g/mol. The number of aliphatic hydroxyl groups excluding tert-OH is 1. The molecular formula is C45H70N4O9. The average molecular weight is 811 g/mol. The van der Waals surface area contributed by atoms with Gasteiger partial charge in [-0.15, -0.1) is 0 Å². The minimum atomic E-state index is -0.423. The van der Waals surface area contributed by atoms with Crippen molar-refractivity contribution in [3.63, 3.8) is 0 Å². The van der Waals surface area contributed by atoms with E-state index in [9.17, 15) is 24.3 Å². The van der Waals surface area contributed by atoms with Crippen molar-refractivity contribution in [3.05, 3.63) is 47.5 Å². The highest BCUT2D eigenvalue weighted by Gasteiger charge is 2.30. The van der Waals surface area contributed by atoms with Crippen LogP contribution in [-0.2, 0) is 38.1 Å². The highest BCUT2D eigenvalue weighted by molar-refractivity contribution is 5.94. The third-order valence-electron chi connectivity index (χ3n) is 10.7. The van der Waals surface area contributed by atoms with Crippen LogP contribution in [0.2, 0.25) is 0 Å². The molecule has 1 aliphatic carbocycles. The van der Waals surface area contributed by atoms with Crippen LogP contribution in [0, 0.1) is 0 Å². The fourth-order valence-corrected chi connectivity index (χ4v) is 6.41. The lowest BCUT2D eigenvalue weighted by molar-refractivity contribution is -0.123. The lowest BCUT2D eigenvalue weighted by Gasteiger charge is -2.31. The van der Waals surface area contributed by atoms with Gasteiger partial charge in [-0.3, -0.25) is 19.2 Å². The SMILES string of the molecule is COC(C)(C)CCOC(C)(C)CCNC(=O)CCCC(=O)Nc1ccc2c(c1)C(CO)c1cc(NC(=O)CCCC(=O)NCCC(C)(C)OCC(C)(C)OC)ccc1-2. The Labute approximate surface area is 346 Å². The van der Waals surface area contributed by atoms with Gasteiger partial charge in [0.05, 0.1) is 42.2 Å². The molecule has 0 fully saturated rings. The van der Waals surface area contributed by atoms with E-state index in [1.807, 2.05) is 91.8 Å². The number of carbonyl (C=O) groups excluding carboxylic acids is 4. The Kier molecular flexibility index (Phi) is 18.3. The van der Waals surface area contributed by atoms with Crippen LogP contribution in [0.15, 0.2) is 36.4 Å². The topological polar surface area (TPSA) is 174 Å². The van der Waals surface area contributed by atoms with E-state index in [1.165, 1.54) is 0 Å². The van der Waals surface area contributed by atoms with Crippen molar-refractivity contribution >= 4 is 35.0 Å². The summed E-state index contributed by atoms with van der Waals surface area (Å²) in [5.74, 6) is -0.953. The zero-order valence-corrected chi connectivity index (χ0v) is 36.7. The van der Waals surface area contributed by atoms with Crippen molar-refractivity contribution < 1.29 is 43.2 Å². The van der Waals surface area contributed by atoms with Gasteiger partial charge in [0.1, 0.15) is 0 Å². The van der Waals surface area contributed by atoms with Crippen molar-refractivity contribution in [1.29, 1.82) is 0 Å². The third kappa shape index (κ3) is 16.4. The van der Waals surface area contributed by atoms with Gasteiger partial charge in [-0.2, -0.15) is 0 Å². The number of benzene rings is 2. The molecular weight excluding hydrogens is 741 g/mol. The summed E-state index contributed by atoms with van der Waals surface area (Å²) < 4.78 is 22.9. The van der Waals surface area contributed by atoms with E-state index in [2.05, 4.69) is 21.3 Å². The standard InChI is InChI=1S/C45H70N4O9/c1-42(2,55-9)23-26-57-43(3,4)21-24-46-38(51)13-11-15-40(53)48-31-17-19-33-34-20-18-32(28-36(34)37(29-50)35(33)27-31)49-41(54)16-12-14-39(52)47-25-22-44(5,6)58-30-45(7,8)56-10/h17-20,27-28,37,50H,11-16,21-26,29-30H2,1-10H3,(H,46,51)(H,47,52)(H,48,53)(H,49,54). The highest BCUT2D eigenvalue weighted by atomic mass is 16.5. The lowest BCUT2D eigenvalue weighted by atomic mass is 9.97. The van der Waals surface area contributed by atoms with Crippen molar-refractivity contribution in [2.75, 3.05) is 57.8 Å². The first-order chi connectivity index (χ1) is 27.2. The number of ether oxygens (including phenoxy) is 4. The molecule has 0 aromatic heterocycles. The van der Waals surface area contributed by atoms with E-state index < -0.39 is 5.60 Å². The molecule has 324 valence electrons. The number of hydrogen-bond donors (Lipinski definition) is 5. The van der Waals surface area contributed by atoms with Gasteiger partial charge in [0.25, 0.3) is 0 Å². The van der Waals surface area contributed by atoms with Crippen LogP contribution in [0.1, 0.15) is 130 Å². The molecule has 13 nitrogen and oxygen atoms in total. The number of anilines is 2. The van der Waals surface area contributed by atoms with Crippen LogP contribution in [0.3, 0.4) is 0 Å². The smallest absolute Gasteiger partial charge is 0.224 e. The molecule has 0 radical (unpaired) electrons. The largest absolute Gasteiger partial charge is 0.395 e. The van der Waals surface area contributed by atoms with E-state index in [4.69, 9.17) is 18.9 Å². The molecule has 1 unspecified atom stereocenters. The van der Waals surface area contributed by atoms with Gasteiger partial charge in [0.2, 0.25) is 23.6 Å². The molecule has 5 N–H and O–H groups in total. The molecule has 0 spiro atoms. The van der Waals surface area contributed by atoms with Crippen molar-refractivity contribution in [2.45, 2.75) is 141 Å². The predicted octanol–water partition coefficient (Wildman–Crippen LogP) is 6.85. The Morgan fingerprint density at radius 1 is 0.586 bits per heavy atom. The number of nitrogens with one attached hydrogen (secondary N) is 4. The van der Waals surface area contributed by atoms with Crippen LogP contribution in [0.5, 0.6) is 0 Å². The second-order valence-electron chi connectivity index (χ2n) is 17.7. The van der Waals surface area contributed by atoms with Crippen molar-refractivity contribution in [3.8, 4) is 11.1 Å². The fraction of sp³-hybridized carbons (Fsp3) is 0.644. The second kappa shape index (κ2) is 21.9. The third-order valence-corrected chi connectivity index (χ3v) is 10.7. The first-order valence-corrected chi connectivity index (χ1v) is 20.6. The molecule has 1 atom stereocenters. The lowest BCUT2D eigenvalue weighted by Crippen LogP contribution is -2.38. The number of carbonyl (C=O) groups is 4. The second-order valence-corrected chi connectivity index (χ2v) is 17.7. The molecule has 58 heavy (non-hydrogen) atoms. The molecule has 2 aromatic carbocycles. The Balaban J connectivity index is 1.40. The predicted molar refractivity (Wildman–Crippen MR) is 228 cm³/mol. The first-order valence-electron chi connectivity index (χ1n) is 20.6. The minimum absolute atomic E-state index is 0.107. The molecule has 0 aliphatic heterocycles. The maximum atomic E-state index is 12.8. The van der Waals surface area contributed by atoms with Gasteiger partial charge in [-0.25, -0.2) is 0 Å². The van der Waals surface area contributed by atoms with E-state index in [1.54, 1.807) is 14.2 Å². The van der Waals surface area contributed by atoms with E-state index >= 15 is 0 Å². The average Bonchev–Trinajstić information content (AvgIpc) is 3.45. The molecule has 2 aromatic rings. The molecule has 0 bridgehead atoms. The molecule has 13 heteroatoms. The van der Waals surface area contributed by atoms with Crippen LogP contribution in [-0.4, -0.2) is 98.3 Å². The first kappa shape index (κ1) is 48.5. The normalized spacial score (nSPS) is 14.1. The van der Waals surface area contributed by atoms with Crippen LogP contribution >= 0.6 is 0 Å². The maximum Gasteiger partial charge on any atom is 0.224 e. The van der Waals surface area contributed by atoms with Crippen molar-refractivity contribution in [1.82, 2.24) is 10.6 Å². The van der Waals surface area contributed by atoms with Crippen LogP contribution in [0.4, 0.5) is 11.4 Å². The zero-order valence-electron chi connectivity index (χ0n) is 36.7. The molecule has 0 heterocycles. The van der Waals surface area contributed by atoms with E-state index in [0.717, 1.165) is 28.7 Å². The number of aliphatic hydroxyl groups is 1. The zero-order chi connectivity index (χ0) is 43.1. The Hall–Kier alpha value is -3.88. The van der Waals surface area contributed by atoms with Gasteiger partial charge in [-0.1, -0.05) is 12.1 Å². The van der Waals surface area contributed by atoms with Gasteiger partial charge in [0.15, 0.2) is 0 Å². The number of amides is 4. The summed E-state index contributed by atoms with van der Waals surface area (Å²) in [5, 5.41) is 22.1. The van der Waals surface area contributed by atoms with E-state index in [0.29, 0.717) is 63.4 Å². The molecule has 0 saturated carbocycles. The number of rotatable bonds is 26. The Morgan fingerprint density at radius 3 is 1.45 bits per heavy atom. The van der Waals surface area contributed by atoms with Crippen molar-refractivity contribution in [2.24, 2.45) is 0 Å². The summed E-state index contributed by atoms with van der Waals surface area (Å²) in [7, 11) is 3.34. The summed E-state index contributed by atoms with van der Waals surface area (Å²) in [5.41, 5.74) is 3.43. The van der Waals surface area contributed by atoms with E-state index in [-0.39, 0.29) is 78.6 Å². The Bertz CT molecular complexity index is 1690. The minimum Gasteiger partial charge on any atom is -0.395 e. The summed E-state index contributed by atoms with van der Waals surface area (Å²) in [6.07, 6.45) is 3.72. The van der Waals surface area contributed by atoms with Gasteiger partial charge in [0, 0.05) is 70.3 Å². The molecule has 1 aliphatic rings. The highest BCUT2D eigenvalue weighted by Crippen LogP contribution is 2.46. The van der Waals surface area contributed by atoms with Gasteiger partial charge in [-0.05, 0) is 134 Å². The summed E-state index contributed by atoms with van der Waals surface area (Å²) >= 11 is 0. The summed E-state index contributed by atoms with van der Waals surface area (Å²) in [6.45, 7) is 17.7. The number of fused-ring (bicyclic) bond motifs is 3. The molecule has 3 rings (SSSR count). The number of methoxy groups -OCH3 is 2. The summed E-state index contributed by atoms with van der Waals surface area (Å²) in [4.78, 5) is 50.5. The van der Waals surface area contributed by atoms with Crippen LogP contribution < -0.4 is 21.3 Å². The molecule has 0 saturated heterocycles. The number of hydrogen-bond acceptors (Lipinski definition) is 9. The maximum absolute atomic E-state index is 12.8. The molecule has 4 amide bonds. The fourth-order valence-electron chi connectivity index (χ4n) is 6.41. The quantitative estimate of drug-likeness (QED) is 0.0681. The van der Waals surface area contributed by atoms with Gasteiger partial charge >= 0.3 is 0 Å².